The normalized spacial score (nSPS) is 17.8. The van der Waals surface area contributed by atoms with Gasteiger partial charge in [-0.25, -0.2) is 9.69 Å². The van der Waals surface area contributed by atoms with Gasteiger partial charge in [0.2, 0.25) is 0 Å². The number of hydrogen-bond acceptors (Lipinski definition) is 6. The van der Waals surface area contributed by atoms with Crippen LogP contribution >= 0.6 is 11.6 Å². The summed E-state index contributed by atoms with van der Waals surface area (Å²) in [5, 5.41) is 3.19. The molecule has 0 aliphatic carbocycles. The summed E-state index contributed by atoms with van der Waals surface area (Å²) in [5.41, 5.74) is -0.127. The topological polar surface area (TPSA) is 94.2 Å². The van der Waals surface area contributed by atoms with Crippen molar-refractivity contribution >= 4 is 29.5 Å². The van der Waals surface area contributed by atoms with Gasteiger partial charge in [0, 0.05) is 24.1 Å². The van der Waals surface area contributed by atoms with Crippen LogP contribution in [0.4, 0.5) is 4.79 Å². The summed E-state index contributed by atoms with van der Waals surface area (Å²) < 4.78 is 16.2. The zero-order valence-corrected chi connectivity index (χ0v) is 21.5. The second kappa shape index (κ2) is 10.9. The lowest BCUT2D eigenvalue weighted by molar-refractivity contribution is -0.150. The molecule has 3 amide bonds. The summed E-state index contributed by atoms with van der Waals surface area (Å²) >= 11 is 6.15. The molecular weight excluding hydrogens is 496 g/mol. The molecule has 8 nitrogen and oxygen atoms in total. The fourth-order valence-corrected chi connectivity index (χ4v) is 4.51. The number of halogens is 1. The average Bonchev–Trinajstić information content (AvgIpc) is 3.16. The van der Waals surface area contributed by atoms with Crippen molar-refractivity contribution in [3.8, 4) is 11.5 Å². The van der Waals surface area contributed by atoms with Gasteiger partial charge < -0.3 is 19.5 Å². The Morgan fingerprint density at radius 1 is 0.973 bits per heavy atom. The van der Waals surface area contributed by atoms with E-state index in [1.165, 1.54) is 14.2 Å². The van der Waals surface area contributed by atoms with E-state index in [1.54, 1.807) is 61.5 Å². The SMILES string of the molecule is COc1cc(CNC(=O)[C@@]2(Cc3cccc(Cl)c3)OC(=O)N([C@H](C)c3ccccc3)C2=O)cc(OC)c1. The summed E-state index contributed by atoms with van der Waals surface area (Å²) in [6, 6.07) is 20.3. The van der Waals surface area contributed by atoms with Gasteiger partial charge in [-0.3, -0.25) is 9.59 Å². The van der Waals surface area contributed by atoms with E-state index in [2.05, 4.69) is 5.32 Å². The molecule has 37 heavy (non-hydrogen) atoms. The number of hydrogen-bond donors (Lipinski definition) is 1. The van der Waals surface area contributed by atoms with Crippen LogP contribution in [0.5, 0.6) is 11.5 Å². The molecule has 1 aliphatic rings. The molecule has 0 unspecified atom stereocenters. The van der Waals surface area contributed by atoms with Crippen LogP contribution in [-0.4, -0.2) is 42.6 Å². The highest BCUT2D eigenvalue weighted by molar-refractivity contribution is 6.30. The predicted octanol–water partition coefficient (Wildman–Crippen LogP) is 4.69. The van der Waals surface area contributed by atoms with E-state index in [0.717, 1.165) is 10.5 Å². The van der Waals surface area contributed by atoms with Crippen LogP contribution in [0.2, 0.25) is 5.02 Å². The molecule has 1 heterocycles. The van der Waals surface area contributed by atoms with E-state index in [0.29, 0.717) is 27.6 Å². The average molecular weight is 523 g/mol. The van der Waals surface area contributed by atoms with Crippen LogP contribution in [0, 0.1) is 0 Å². The maximum Gasteiger partial charge on any atom is 0.418 e. The molecule has 0 saturated carbocycles. The number of methoxy groups -OCH3 is 2. The molecule has 3 aromatic carbocycles. The van der Waals surface area contributed by atoms with Crippen molar-refractivity contribution in [2.24, 2.45) is 0 Å². The van der Waals surface area contributed by atoms with Gasteiger partial charge >= 0.3 is 6.09 Å². The Labute approximate surface area is 220 Å². The number of benzene rings is 3. The van der Waals surface area contributed by atoms with Crippen molar-refractivity contribution < 1.29 is 28.6 Å². The Balaban J connectivity index is 1.66. The highest BCUT2D eigenvalue weighted by Crippen LogP contribution is 2.35. The molecule has 2 atom stereocenters. The Bertz CT molecular complexity index is 1290. The van der Waals surface area contributed by atoms with Gasteiger partial charge in [0.15, 0.2) is 0 Å². The molecule has 192 valence electrons. The molecule has 0 aromatic heterocycles. The lowest BCUT2D eigenvalue weighted by Gasteiger charge is -2.26. The van der Waals surface area contributed by atoms with Crippen LogP contribution < -0.4 is 14.8 Å². The van der Waals surface area contributed by atoms with Crippen LogP contribution in [-0.2, 0) is 27.3 Å². The van der Waals surface area contributed by atoms with Gasteiger partial charge in [0.05, 0.1) is 20.3 Å². The number of imide groups is 1. The third-order valence-corrected chi connectivity index (χ3v) is 6.50. The van der Waals surface area contributed by atoms with Gasteiger partial charge in [-0.15, -0.1) is 0 Å². The minimum atomic E-state index is -2.10. The smallest absolute Gasteiger partial charge is 0.418 e. The summed E-state index contributed by atoms with van der Waals surface area (Å²) in [6.07, 6.45) is -1.06. The maximum absolute atomic E-state index is 13.8. The molecule has 1 saturated heterocycles. The van der Waals surface area contributed by atoms with Gasteiger partial charge in [0.25, 0.3) is 17.4 Å². The molecule has 1 N–H and O–H groups in total. The number of ether oxygens (including phenoxy) is 3. The Morgan fingerprint density at radius 3 is 2.27 bits per heavy atom. The van der Waals surface area contributed by atoms with Crippen molar-refractivity contribution in [1.82, 2.24) is 10.2 Å². The molecule has 1 fully saturated rings. The van der Waals surface area contributed by atoms with Crippen molar-refractivity contribution in [3.05, 3.63) is 94.5 Å². The van der Waals surface area contributed by atoms with E-state index in [-0.39, 0.29) is 13.0 Å². The van der Waals surface area contributed by atoms with Crippen LogP contribution in [0.25, 0.3) is 0 Å². The predicted molar refractivity (Wildman–Crippen MR) is 137 cm³/mol. The van der Waals surface area contributed by atoms with Crippen molar-refractivity contribution in [2.45, 2.75) is 31.5 Å². The van der Waals surface area contributed by atoms with E-state index in [1.807, 2.05) is 18.2 Å². The van der Waals surface area contributed by atoms with Crippen LogP contribution in [0.1, 0.15) is 29.7 Å². The molecule has 3 aromatic rings. The minimum Gasteiger partial charge on any atom is -0.497 e. The Hall–Kier alpha value is -4.04. The third kappa shape index (κ3) is 5.39. The van der Waals surface area contributed by atoms with E-state index in [4.69, 9.17) is 25.8 Å². The summed E-state index contributed by atoms with van der Waals surface area (Å²) in [5.74, 6) is -0.392. The molecule has 0 spiro atoms. The molecule has 4 rings (SSSR count). The van der Waals surface area contributed by atoms with E-state index >= 15 is 0 Å². The standard InChI is InChI=1S/C28H27ClN2O6/c1-18(21-9-5-4-6-10-21)31-26(33)28(37-27(31)34,16-19-8-7-11-22(29)12-19)25(32)30-17-20-13-23(35-2)15-24(14-20)36-3/h4-15,18H,16-17H2,1-3H3,(H,30,32)/t18-,28-/m1/s1. The molecule has 1 aliphatic heterocycles. The third-order valence-electron chi connectivity index (χ3n) is 6.26. The first kappa shape index (κ1) is 26.0. The Morgan fingerprint density at radius 2 is 1.65 bits per heavy atom. The van der Waals surface area contributed by atoms with Gasteiger partial charge in [-0.05, 0) is 47.9 Å². The molecular formula is C28H27ClN2O6. The van der Waals surface area contributed by atoms with Crippen LogP contribution in [0.15, 0.2) is 72.8 Å². The first-order valence-electron chi connectivity index (χ1n) is 11.6. The first-order valence-corrected chi connectivity index (χ1v) is 12.0. The first-order chi connectivity index (χ1) is 17.8. The quantitative estimate of drug-likeness (QED) is 0.410. The number of amides is 3. The van der Waals surface area contributed by atoms with Gasteiger partial charge in [0.1, 0.15) is 11.5 Å². The van der Waals surface area contributed by atoms with E-state index in [9.17, 15) is 14.4 Å². The maximum atomic E-state index is 13.8. The highest BCUT2D eigenvalue weighted by atomic mass is 35.5. The number of rotatable bonds is 9. The van der Waals surface area contributed by atoms with Gasteiger partial charge in [-0.2, -0.15) is 0 Å². The highest BCUT2D eigenvalue weighted by Gasteiger charge is 2.60. The summed E-state index contributed by atoms with van der Waals surface area (Å²) in [7, 11) is 3.05. The second-order valence-corrected chi connectivity index (χ2v) is 9.10. The fourth-order valence-electron chi connectivity index (χ4n) is 4.30. The van der Waals surface area contributed by atoms with Crippen molar-refractivity contribution in [1.29, 1.82) is 0 Å². The summed E-state index contributed by atoms with van der Waals surface area (Å²) in [6.45, 7) is 1.76. The van der Waals surface area contributed by atoms with E-state index < -0.39 is 29.6 Å². The molecule has 0 radical (unpaired) electrons. The van der Waals surface area contributed by atoms with Gasteiger partial charge in [-0.1, -0.05) is 54.1 Å². The lowest BCUT2D eigenvalue weighted by atomic mass is 9.91. The zero-order valence-electron chi connectivity index (χ0n) is 20.7. The number of carbonyl (C=O) groups excluding carboxylic acids is 3. The number of cyclic esters (lactones) is 1. The summed E-state index contributed by atoms with van der Waals surface area (Å²) in [4.78, 5) is 41.6. The fraction of sp³-hybridized carbons (Fsp3) is 0.250. The number of nitrogens with one attached hydrogen (secondary N) is 1. The minimum absolute atomic E-state index is 0.0444. The van der Waals surface area contributed by atoms with Crippen molar-refractivity contribution in [2.75, 3.05) is 14.2 Å². The molecule has 9 heteroatoms. The Kier molecular flexibility index (Phi) is 7.69. The lowest BCUT2D eigenvalue weighted by Crippen LogP contribution is -2.55. The largest absolute Gasteiger partial charge is 0.497 e. The van der Waals surface area contributed by atoms with Crippen LogP contribution in [0.3, 0.4) is 0 Å². The molecule has 0 bridgehead atoms. The monoisotopic (exact) mass is 522 g/mol. The number of carbonyl (C=O) groups is 3. The zero-order chi connectivity index (χ0) is 26.6. The second-order valence-electron chi connectivity index (χ2n) is 8.67. The number of nitrogens with zero attached hydrogens (tertiary/aromatic N) is 1. The van der Waals surface area contributed by atoms with Crippen molar-refractivity contribution in [3.63, 3.8) is 0 Å².